The van der Waals surface area contributed by atoms with Gasteiger partial charge in [0.2, 0.25) is 0 Å². The minimum absolute atomic E-state index is 0.0227. The molecule has 0 bridgehead atoms. The van der Waals surface area contributed by atoms with E-state index in [-0.39, 0.29) is 17.9 Å². The first kappa shape index (κ1) is 9.08. The molecule has 1 aliphatic carbocycles. The summed E-state index contributed by atoms with van der Waals surface area (Å²) in [5.41, 5.74) is -0.0227. The fraction of sp³-hybridized carbons (Fsp3) is 0.667. The SMILES string of the molecule is CC#CC(=O)NCC1(CO)CC1. The third-order valence-corrected chi connectivity index (χ3v) is 2.15. The highest BCUT2D eigenvalue weighted by Gasteiger charge is 2.41. The molecule has 0 spiro atoms. The van der Waals surface area contributed by atoms with Gasteiger partial charge in [-0.2, -0.15) is 0 Å². The molecule has 66 valence electrons. The molecule has 1 rings (SSSR count). The topological polar surface area (TPSA) is 49.3 Å². The molecule has 0 unspecified atom stereocenters. The summed E-state index contributed by atoms with van der Waals surface area (Å²) in [5.74, 6) is 4.65. The summed E-state index contributed by atoms with van der Waals surface area (Å²) in [7, 11) is 0. The normalized spacial score (nSPS) is 17.5. The Kier molecular flexibility index (Phi) is 2.72. The van der Waals surface area contributed by atoms with Gasteiger partial charge in [-0.15, -0.1) is 0 Å². The average molecular weight is 167 g/mol. The highest BCUT2D eigenvalue weighted by molar-refractivity contribution is 5.93. The van der Waals surface area contributed by atoms with Gasteiger partial charge in [-0.05, 0) is 25.7 Å². The molecule has 1 aliphatic rings. The van der Waals surface area contributed by atoms with E-state index in [1.54, 1.807) is 6.92 Å². The van der Waals surface area contributed by atoms with E-state index in [0.29, 0.717) is 6.54 Å². The predicted octanol–water partition coefficient (Wildman–Crippen LogP) is -0.102. The van der Waals surface area contributed by atoms with E-state index >= 15 is 0 Å². The minimum atomic E-state index is -0.253. The van der Waals surface area contributed by atoms with Crippen molar-refractivity contribution in [2.45, 2.75) is 19.8 Å². The molecule has 0 aromatic heterocycles. The van der Waals surface area contributed by atoms with E-state index in [1.165, 1.54) is 0 Å². The van der Waals surface area contributed by atoms with Crippen LogP contribution in [0.2, 0.25) is 0 Å². The molecule has 2 N–H and O–H groups in total. The lowest BCUT2D eigenvalue weighted by atomic mass is 10.1. The number of aliphatic hydroxyl groups is 1. The van der Waals surface area contributed by atoms with Crippen LogP contribution < -0.4 is 5.32 Å². The monoisotopic (exact) mass is 167 g/mol. The molecule has 0 radical (unpaired) electrons. The van der Waals surface area contributed by atoms with Crippen LogP contribution in [0.5, 0.6) is 0 Å². The number of carbonyl (C=O) groups is 1. The molecule has 12 heavy (non-hydrogen) atoms. The third kappa shape index (κ3) is 2.24. The molecule has 0 heterocycles. The van der Waals surface area contributed by atoms with Gasteiger partial charge >= 0.3 is 0 Å². The quantitative estimate of drug-likeness (QED) is 0.577. The smallest absolute Gasteiger partial charge is 0.295 e. The molecule has 0 aliphatic heterocycles. The van der Waals surface area contributed by atoms with E-state index in [1.807, 2.05) is 0 Å². The van der Waals surface area contributed by atoms with Gasteiger partial charge in [0.15, 0.2) is 0 Å². The lowest BCUT2D eigenvalue weighted by molar-refractivity contribution is -0.116. The van der Waals surface area contributed by atoms with Gasteiger partial charge in [0, 0.05) is 12.0 Å². The highest BCUT2D eigenvalue weighted by atomic mass is 16.3. The molecule has 1 fully saturated rings. The number of nitrogens with one attached hydrogen (secondary N) is 1. The highest BCUT2D eigenvalue weighted by Crippen LogP contribution is 2.44. The number of hydrogen-bond donors (Lipinski definition) is 2. The van der Waals surface area contributed by atoms with Crippen molar-refractivity contribution in [1.29, 1.82) is 0 Å². The maximum absolute atomic E-state index is 10.9. The largest absolute Gasteiger partial charge is 0.396 e. The van der Waals surface area contributed by atoms with Crippen LogP contribution in [0.3, 0.4) is 0 Å². The first-order valence-electron chi connectivity index (χ1n) is 4.04. The van der Waals surface area contributed by atoms with Crippen LogP contribution in [-0.2, 0) is 4.79 Å². The number of carbonyl (C=O) groups excluding carboxylic acids is 1. The van der Waals surface area contributed by atoms with Crippen molar-refractivity contribution in [3.8, 4) is 11.8 Å². The first-order chi connectivity index (χ1) is 5.72. The van der Waals surface area contributed by atoms with E-state index in [9.17, 15) is 4.79 Å². The van der Waals surface area contributed by atoms with E-state index in [0.717, 1.165) is 12.8 Å². The van der Waals surface area contributed by atoms with Gasteiger partial charge in [0.25, 0.3) is 5.91 Å². The summed E-state index contributed by atoms with van der Waals surface area (Å²) in [4.78, 5) is 10.9. The summed E-state index contributed by atoms with van der Waals surface area (Å²) in [6, 6.07) is 0. The summed E-state index contributed by atoms with van der Waals surface area (Å²) < 4.78 is 0. The lowest BCUT2D eigenvalue weighted by Gasteiger charge is -2.10. The van der Waals surface area contributed by atoms with Gasteiger partial charge in [-0.25, -0.2) is 0 Å². The Balaban J connectivity index is 2.24. The molecule has 0 atom stereocenters. The number of rotatable bonds is 3. The number of aliphatic hydroxyl groups excluding tert-OH is 1. The Morgan fingerprint density at radius 2 is 2.33 bits per heavy atom. The number of hydrogen-bond acceptors (Lipinski definition) is 2. The lowest BCUT2D eigenvalue weighted by Crippen LogP contribution is -2.30. The van der Waals surface area contributed by atoms with Crippen molar-refractivity contribution in [2.24, 2.45) is 5.41 Å². The van der Waals surface area contributed by atoms with Crippen LogP contribution in [0.25, 0.3) is 0 Å². The Morgan fingerprint density at radius 3 is 2.75 bits per heavy atom. The molecule has 1 saturated carbocycles. The van der Waals surface area contributed by atoms with E-state index in [2.05, 4.69) is 17.2 Å². The second kappa shape index (κ2) is 3.59. The zero-order chi connectivity index (χ0) is 9.03. The predicted molar refractivity (Wildman–Crippen MR) is 45.2 cm³/mol. The molecule has 1 amide bonds. The van der Waals surface area contributed by atoms with Crippen molar-refractivity contribution in [2.75, 3.05) is 13.2 Å². The van der Waals surface area contributed by atoms with Crippen LogP contribution >= 0.6 is 0 Å². The molecular formula is C9H13NO2. The summed E-state index contributed by atoms with van der Waals surface area (Å²) in [6.07, 6.45) is 2.01. The fourth-order valence-corrected chi connectivity index (χ4v) is 0.993. The number of amides is 1. The third-order valence-electron chi connectivity index (χ3n) is 2.15. The zero-order valence-electron chi connectivity index (χ0n) is 7.18. The maximum Gasteiger partial charge on any atom is 0.295 e. The van der Waals surface area contributed by atoms with Crippen molar-refractivity contribution < 1.29 is 9.90 Å². The van der Waals surface area contributed by atoms with Crippen LogP contribution in [-0.4, -0.2) is 24.2 Å². The Morgan fingerprint density at radius 1 is 1.67 bits per heavy atom. The Hall–Kier alpha value is -1.01. The van der Waals surface area contributed by atoms with E-state index in [4.69, 9.17) is 5.11 Å². The van der Waals surface area contributed by atoms with Gasteiger partial charge in [0.1, 0.15) is 0 Å². The average Bonchev–Trinajstić information content (AvgIpc) is 2.82. The second-order valence-corrected chi connectivity index (χ2v) is 3.22. The maximum atomic E-state index is 10.9. The molecule has 0 aromatic rings. The summed E-state index contributed by atoms with van der Waals surface area (Å²) in [5, 5.41) is 11.6. The summed E-state index contributed by atoms with van der Waals surface area (Å²) in [6.45, 7) is 2.34. The molecule has 0 saturated heterocycles. The van der Waals surface area contributed by atoms with Gasteiger partial charge in [-0.3, -0.25) is 4.79 Å². The standard InChI is InChI=1S/C9H13NO2/c1-2-3-8(12)10-6-9(7-11)4-5-9/h11H,4-7H2,1H3,(H,10,12). The summed E-state index contributed by atoms with van der Waals surface area (Å²) >= 11 is 0. The first-order valence-corrected chi connectivity index (χ1v) is 4.04. The van der Waals surface area contributed by atoms with Crippen LogP contribution in [0.1, 0.15) is 19.8 Å². The molecule has 0 aromatic carbocycles. The fourth-order valence-electron chi connectivity index (χ4n) is 0.993. The van der Waals surface area contributed by atoms with Gasteiger partial charge in [-0.1, -0.05) is 5.92 Å². The Labute approximate surface area is 72.2 Å². The molecular weight excluding hydrogens is 154 g/mol. The van der Waals surface area contributed by atoms with Crippen molar-refractivity contribution in [3.05, 3.63) is 0 Å². The Bertz CT molecular complexity index is 233. The van der Waals surface area contributed by atoms with Crippen LogP contribution in [0.15, 0.2) is 0 Å². The molecule has 3 heteroatoms. The van der Waals surface area contributed by atoms with Gasteiger partial charge < -0.3 is 10.4 Å². The van der Waals surface area contributed by atoms with Gasteiger partial charge in [0.05, 0.1) is 6.61 Å². The van der Waals surface area contributed by atoms with Crippen LogP contribution in [0.4, 0.5) is 0 Å². The van der Waals surface area contributed by atoms with E-state index < -0.39 is 0 Å². The molecule has 3 nitrogen and oxygen atoms in total. The zero-order valence-corrected chi connectivity index (χ0v) is 7.18. The minimum Gasteiger partial charge on any atom is -0.396 e. The second-order valence-electron chi connectivity index (χ2n) is 3.22. The van der Waals surface area contributed by atoms with Crippen molar-refractivity contribution in [3.63, 3.8) is 0 Å². The van der Waals surface area contributed by atoms with Crippen molar-refractivity contribution >= 4 is 5.91 Å². The van der Waals surface area contributed by atoms with Crippen molar-refractivity contribution in [1.82, 2.24) is 5.32 Å². The van der Waals surface area contributed by atoms with Crippen LogP contribution in [0, 0.1) is 17.3 Å².